The predicted octanol–water partition coefficient (Wildman–Crippen LogP) is -0.0578. The fourth-order valence-corrected chi connectivity index (χ4v) is 1.31. The molecule has 1 aromatic carbocycles. The molecule has 6 N–H and O–H groups in total. The number of carboxylic acid groups (broad SMARTS) is 2. The minimum Gasteiger partial charge on any atom is -0.508 e. The third-order valence-corrected chi connectivity index (χ3v) is 2.44. The van der Waals surface area contributed by atoms with Crippen molar-refractivity contribution in [2.45, 2.75) is 32.4 Å². The highest BCUT2D eigenvalue weighted by Crippen LogP contribution is 2.11. The number of rotatable bonds is 5. The minimum atomic E-state index is -1.08. The Kier molecular flexibility index (Phi) is 8.24. The normalized spacial score (nSPS) is 12.3. The van der Waals surface area contributed by atoms with Gasteiger partial charge in [-0.25, -0.2) is 4.79 Å². The Balaban J connectivity index is 0.000000626. The van der Waals surface area contributed by atoms with Gasteiger partial charge in [0.2, 0.25) is 5.91 Å². The van der Waals surface area contributed by atoms with E-state index in [0.717, 1.165) is 5.56 Å². The second-order valence-electron chi connectivity index (χ2n) is 4.59. The van der Waals surface area contributed by atoms with Gasteiger partial charge in [0, 0.05) is 13.3 Å². The van der Waals surface area contributed by atoms with Crippen LogP contribution in [0.2, 0.25) is 0 Å². The van der Waals surface area contributed by atoms with Gasteiger partial charge in [0.25, 0.3) is 0 Å². The number of carbonyl (C=O) groups is 3. The van der Waals surface area contributed by atoms with Crippen molar-refractivity contribution in [3.63, 3.8) is 0 Å². The summed E-state index contributed by atoms with van der Waals surface area (Å²) in [6.45, 7) is 2.69. The van der Waals surface area contributed by atoms with Crippen LogP contribution in [0.15, 0.2) is 24.3 Å². The Labute approximate surface area is 127 Å². The molecule has 0 saturated carbocycles. The first-order valence-corrected chi connectivity index (χ1v) is 6.39. The second kappa shape index (κ2) is 9.35. The van der Waals surface area contributed by atoms with Crippen molar-refractivity contribution in [1.29, 1.82) is 0 Å². The number of aliphatic carboxylic acids is 2. The van der Waals surface area contributed by atoms with Crippen LogP contribution in [0, 0.1) is 0 Å². The largest absolute Gasteiger partial charge is 0.508 e. The van der Waals surface area contributed by atoms with Gasteiger partial charge in [-0.15, -0.1) is 0 Å². The molecule has 0 spiro atoms. The van der Waals surface area contributed by atoms with Crippen LogP contribution < -0.4 is 11.1 Å². The van der Waals surface area contributed by atoms with E-state index in [1.54, 1.807) is 12.1 Å². The molecule has 0 saturated heterocycles. The lowest BCUT2D eigenvalue weighted by molar-refractivity contribution is -0.141. The summed E-state index contributed by atoms with van der Waals surface area (Å²) in [4.78, 5) is 31.2. The Morgan fingerprint density at radius 1 is 1.14 bits per heavy atom. The van der Waals surface area contributed by atoms with Gasteiger partial charge < -0.3 is 26.4 Å². The summed E-state index contributed by atoms with van der Waals surface area (Å²) >= 11 is 0. The van der Waals surface area contributed by atoms with Gasteiger partial charge in [0.05, 0.1) is 0 Å². The number of carboxylic acids is 2. The quantitative estimate of drug-likeness (QED) is 0.511. The Morgan fingerprint density at radius 2 is 1.59 bits per heavy atom. The number of amides is 1. The summed E-state index contributed by atoms with van der Waals surface area (Å²) < 4.78 is 0. The summed E-state index contributed by atoms with van der Waals surface area (Å²) in [6, 6.07) is 4.51. The molecule has 1 rings (SSSR count). The van der Waals surface area contributed by atoms with Gasteiger partial charge in [0.1, 0.15) is 17.8 Å². The molecule has 0 aliphatic carbocycles. The molecule has 2 unspecified atom stereocenters. The minimum absolute atomic E-state index is 0.121. The lowest BCUT2D eigenvalue weighted by atomic mass is 10.1. The van der Waals surface area contributed by atoms with Crippen LogP contribution in [0.4, 0.5) is 0 Å². The number of benzene rings is 1. The van der Waals surface area contributed by atoms with Crippen LogP contribution in [0.3, 0.4) is 0 Å². The highest BCUT2D eigenvalue weighted by Gasteiger charge is 2.18. The van der Waals surface area contributed by atoms with Crippen LogP contribution in [-0.2, 0) is 20.8 Å². The first-order valence-electron chi connectivity index (χ1n) is 6.39. The SMILES string of the molecule is CC(=O)NC(Cc1ccc(O)cc1)C(=O)O.CC(N)C(=O)O. The topological polar surface area (TPSA) is 150 Å². The first-order chi connectivity index (χ1) is 10.1. The van der Waals surface area contributed by atoms with E-state index in [0.29, 0.717) is 0 Å². The number of phenolic OH excluding ortho intramolecular Hbond substituents is 1. The lowest BCUT2D eigenvalue weighted by Crippen LogP contribution is -2.41. The van der Waals surface area contributed by atoms with Gasteiger partial charge in [-0.1, -0.05) is 12.1 Å². The van der Waals surface area contributed by atoms with E-state index in [2.05, 4.69) is 5.32 Å². The molecular formula is C14H20N2O6. The van der Waals surface area contributed by atoms with Crippen LogP contribution in [0.1, 0.15) is 19.4 Å². The van der Waals surface area contributed by atoms with Crippen LogP contribution in [-0.4, -0.2) is 45.2 Å². The average Bonchev–Trinajstić information content (AvgIpc) is 2.40. The summed E-state index contributed by atoms with van der Waals surface area (Å²) in [5.41, 5.74) is 5.57. The third kappa shape index (κ3) is 8.54. The standard InChI is InChI=1S/C11H13NO4.C3H7NO2/c1-7(13)12-10(11(15)16)6-8-2-4-9(14)5-3-8;1-2(4)3(5)6/h2-5,10,14H,6H2,1H3,(H,12,13)(H,15,16);2H,4H2,1H3,(H,5,6). The van der Waals surface area contributed by atoms with Gasteiger partial charge >= 0.3 is 11.9 Å². The second-order valence-corrected chi connectivity index (χ2v) is 4.59. The smallest absolute Gasteiger partial charge is 0.326 e. The van der Waals surface area contributed by atoms with Gasteiger partial charge in [-0.05, 0) is 24.6 Å². The molecule has 0 fully saturated rings. The Hall–Kier alpha value is -2.61. The van der Waals surface area contributed by atoms with Crippen molar-refractivity contribution in [3.8, 4) is 5.75 Å². The number of aromatic hydroxyl groups is 1. The van der Waals surface area contributed by atoms with E-state index in [4.69, 9.17) is 21.1 Å². The number of phenols is 1. The number of nitrogens with two attached hydrogens (primary N) is 1. The van der Waals surface area contributed by atoms with Gasteiger partial charge in [-0.2, -0.15) is 0 Å². The first kappa shape index (κ1) is 19.4. The predicted molar refractivity (Wildman–Crippen MR) is 78.3 cm³/mol. The maximum Gasteiger partial charge on any atom is 0.326 e. The number of nitrogens with one attached hydrogen (secondary N) is 1. The van der Waals surface area contributed by atoms with E-state index in [9.17, 15) is 14.4 Å². The molecule has 1 aromatic rings. The van der Waals surface area contributed by atoms with E-state index in [-0.39, 0.29) is 18.1 Å². The number of hydrogen-bond donors (Lipinski definition) is 5. The van der Waals surface area contributed by atoms with Crippen LogP contribution in [0.5, 0.6) is 5.75 Å². The highest BCUT2D eigenvalue weighted by atomic mass is 16.4. The maximum atomic E-state index is 10.8. The molecule has 1 amide bonds. The molecule has 8 nitrogen and oxygen atoms in total. The summed E-state index contributed by atoms with van der Waals surface area (Å²) in [6.07, 6.45) is 0.190. The molecule has 8 heteroatoms. The van der Waals surface area contributed by atoms with Crippen molar-refractivity contribution in [2.24, 2.45) is 5.73 Å². The molecule has 22 heavy (non-hydrogen) atoms. The lowest BCUT2D eigenvalue weighted by Gasteiger charge is -2.13. The van der Waals surface area contributed by atoms with Crippen molar-refractivity contribution in [1.82, 2.24) is 5.32 Å². The van der Waals surface area contributed by atoms with E-state index in [1.807, 2.05) is 0 Å². The van der Waals surface area contributed by atoms with Crippen molar-refractivity contribution >= 4 is 17.8 Å². The van der Waals surface area contributed by atoms with E-state index >= 15 is 0 Å². The van der Waals surface area contributed by atoms with E-state index in [1.165, 1.54) is 26.0 Å². The summed E-state index contributed by atoms with van der Waals surface area (Å²) in [5, 5.41) is 28.1. The third-order valence-electron chi connectivity index (χ3n) is 2.44. The maximum absolute atomic E-state index is 10.8. The van der Waals surface area contributed by atoms with Gasteiger partial charge in [0.15, 0.2) is 0 Å². The van der Waals surface area contributed by atoms with Crippen LogP contribution in [0.25, 0.3) is 0 Å². The number of hydrogen-bond acceptors (Lipinski definition) is 5. The Bertz CT molecular complexity index is 513. The monoisotopic (exact) mass is 312 g/mol. The molecule has 0 aromatic heterocycles. The molecule has 2 atom stereocenters. The highest BCUT2D eigenvalue weighted by molar-refractivity contribution is 5.82. The van der Waals surface area contributed by atoms with E-state index < -0.39 is 24.0 Å². The molecule has 0 heterocycles. The zero-order valence-corrected chi connectivity index (χ0v) is 12.3. The number of carbonyl (C=O) groups excluding carboxylic acids is 1. The molecule has 0 aliphatic rings. The molecule has 0 aliphatic heterocycles. The zero-order chi connectivity index (χ0) is 17.3. The summed E-state index contributed by atoms with van der Waals surface area (Å²) in [7, 11) is 0. The van der Waals surface area contributed by atoms with Gasteiger partial charge in [-0.3, -0.25) is 9.59 Å². The fourth-order valence-electron chi connectivity index (χ4n) is 1.31. The fraction of sp³-hybridized carbons (Fsp3) is 0.357. The summed E-state index contributed by atoms with van der Waals surface area (Å²) in [5.74, 6) is -2.31. The average molecular weight is 312 g/mol. The molecule has 0 bridgehead atoms. The molecule has 122 valence electrons. The molecule has 0 radical (unpaired) electrons. The van der Waals surface area contributed by atoms with Crippen molar-refractivity contribution < 1.29 is 29.7 Å². The van der Waals surface area contributed by atoms with Crippen molar-refractivity contribution in [2.75, 3.05) is 0 Å². The molecular weight excluding hydrogens is 292 g/mol. The van der Waals surface area contributed by atoms with Crippen LogP contribution >= 0.6 is 0 Å². The van der Waals surface area contributed by atoms with Crippen molar-refractivity contribution in [3.05, 3.63) is 29.8 Å². The Morgan fingerprint density at radius 3 is 1.91 bits per heavy atom. The zero-order valence-electron chi connectivity index (χ0n) is 12.3.